The van der Waals surface area contributed by atoms with Gasteiger partial charge in [-0.3, -0.25) is 0 Å². The molecule has 122 valence electrons. The van der Waals surface area contributed by atoms with Crippen molar-refractivity contribution in [3.8, 4) is 11.1 Å². The van der Waals surface area contributed by atoms with Gasteiger partial charge in [0.25, 0.3) is 0 Å². The third-order valence-corrected chi connectivity index (χ3v) is 3.66. The standard InChI is InChI=1S/C18H20ClNO3/c1-2-20-11-17(18(21)22)23-12-13-4-3-5-15(10-13)14-6-8-16(19)9-7-14/h3-10,17,20H,2,11-12H2,1H3,(H,21,22). The maximum absolute atomic E-state index is 11.2. The predicted molar refractivity (Wildman–Crippen MR) is 91.6 cm³/mol. The summed E-state index contributed by atoms with van der Waals surface area (Å²) >= 11 is 5.90. The normalized spacial score (nSPS) is 12.1. The summed E-state index contributed by atoms with van der Waals surface area (Å²) in [6.45, 7) is 3.18. The average Bonchev–Trinajstić information content (AvgIpc) is 2.55. The van der Waals surface area contributed by atoms with Crippen molar-refractivity contribution < 1.29 is 14.6 Å². The molecule has 2 N–H and O–H groups in total. The molecule has 0 fully saturated rings. The Morgan fingerprint density at radius 1 is 1.22 bits per heavy atom. The highest BCUT2D eigenvalue weighted by Crippen LogP contribution is 2.22. The van der Waals surface area contributed by atoms with Crippen LogP contribution in [0.25, 0.3) is 11.1 Å². The molecule has 1 atom stereocenters. The number of benzene rings is 2. The number of hydrogen-bond donors (Lipinski definition) is 2. The summed E-state index contributed by atoms with van der Waals surface area (Å²) in [6, 6.07) is 15.4. The van der Waals surface area contributed by atoms with E-state index in [0.29, 0.717) is 18.1 Å². The van der Waals surface area contributed by atoms with Gasteiger partial charge in [-0.1, -0.05) is 48.9 Å². The maximum Gasteiger partial charge on any atom is 0.334 e. The van der Waals surface area contributed by atoms with E-state index in [9.17, 15) is 4.79 Å². The lowest BCUT2D eigenvalue weighted by Crippen LogP contribution is -2.35. The van der Waals surface area contributed by atoms with E-state index in [2.05, 4.69) is 5.32 Å². The van der Waals surface area contributed by atoms with E-state index in [1.807, 2.05) is 55.5 Å². The first-order chi connectivity index (χ1) is 11.1. The summed E-state index contributed by atoms with van der Waals surface area (Å²) in [5.74, 6) is -0.959. The Morgan fingerprint density at radius 3 is 2.61 bits per heavy atom. The van der Waals surface area contributed by atoms with Crippen LogP contribution >= 0.6 is 11.6 Å². The number of nitrogens with one attached hydrogen (secondary N) is 1. The van der Waals surface area contributed by atoms with Crippen molar-refractivity contribution in [1.29, 1.82) is 0 Å². The number of ether oxygens (including phenoxy) is 1. The topological polar surface area (TPSA) is 58.6 Å². The van der Waals surface area contributed by atoms with E-state index in [-0.39, 0.29) is 6.61 Å². The smallest absolute Gasteiger partial charge is 0.334 e. The highest BCUT2D eigenvalue weighted by molar-refractivity contribution is 6.30. The summed E-state index contributed by atoms with van der Waals surface area (Å²) in [5.41, 5.74) is 3.03. The van der Waals surface area contributed by atoms with E-state index >= 15 is 0 Å². The number of carbonyl (C=O) groups is 1. The van der Waals surface area contributed by atoms with Gasteiger partial charge in [-0.15, -0.1) is 0 Å². The third-order valence-electron chi connectivity index (χ3n) is 3.41. The average molecular weight is 334 g/mol. The molecule has 4 nitrogen and oxygen atoms in total. The number of likely N-dealkylation sites (N-methyl/N-ethyl adjacent to an activating group) is 1. The summed E-state index contributed by atoms with van der Waals surface area (Å²) in [6.07, 6.45) is -0.853. The van der Waals surface area contributed by atoms with Crippen molar-refractivity contribution in [1.82, 2.24) is 5.32 Å². The fourth-order valence-electron chi connectivity index (χ4n) is 2.17. The molecule has 0 aromatic heterocycles. The second-order valence-electron chi connectivity index (χ2n) is 5.15. The van der Waals surface area contributed by atoms with Gasteiger partial charge in [0.2, 0.25) is 0 Å². The molecule has 0 saturated heterocycles. The van der Waals surface area contributed by atoms with E-state index < -0.39 is 12.1 Å². The first-order valence-electron chi connectivity index (χ1n) is 7.50. The fraction of sp³-hybridized carbons (Fsp3) is 0.278. The molecular weight excluding hydrogens is 314 g/mol. The van der Waals surface area contributed by atoms with Crippen molar-refractivity contribution in [3.05, 3.63) is 59.1 Å². The van der Waals surface area contributed by atoms with Crippen LogP contribution in [-0.2, 0) is 16.1 Å². The van der Waals surface area contributed by atoms with Gasteiger partial charge >= 0.3 is 5.97 Å². The maximum atomic E-state index is 11.2. The van der Waals surface area contributed by atoms with Crippen molar-refractivity contribution >= 4 is 17.6 Å². The molecule has 0 aliphatic rings. The van der Waals surface area contributed by atoms with Gasteiger partial charge in [0, 0.05) is 11.6 Å². The van der Waals surface area contributed by atoms with Gasteiger partial charge in [-0.25, -0.2) is 4.79 Å². The fourth-order valence-corrected chi connectivity index (χ4v) is 2.30. The molecule has 23 heavy (non-hydrogen) atoms. The number of carboxylic acid groups (broad SMARTS) is 1. The zero-order valence-electron chi connectivity index (χ0n) is 13.0. The van der Waals surface area contributed by atoms with Crippen LogP contribution in [0.1, 0.15) is 12.5 Å². The minimum Gasteiger partial charge on any atom is -0.479 e. The summed E-state index contributed by atoms with van der Waals surface area (Å²) < 4.78 is 5.52. The van der Waals surface area contributed by atoms with Crippen LogP contribution < -0.4 is 5.32 Å². The highest BCUT2D eigenvalue weighted by Gasteiger charge is 2.17. The van der Waals surface area contributed by atoms with E-state index in [0.717, 1.165) is 16.7 Å². The van der Waals surface area contributed by atoms with E-state index in [1.54, 1.807) is 0 Å². The van der Waals surface area contributed by atoms with Crippen LogP contribution in [-0.4, -0.2) is 30.3 Å². The van der Waals surface area contributed by atoms with Crippen LogP contribution in [0.2, 0.25) is 5.02 Å². The third kappa shape index (κ3) is 5.36. The number of halogens is 1. The van der Waals surface area contributed by atoms with Crippen molar-refractivity contribution in [2.24, 2.45) is 0 Å². The molecule has 2 rings (SSSR count). The van der Waals surface area contributed by atoms with Gasteiger partial charge in [-0.05, 0) is 41.4 Å². The molecule has 0 aliphatic carbocycles. The van der Waals surface area contributed by atoms with Crippen LogP contribution in [0.15, 0.2) is 48.5 Å². The highest BCUT2D eigenvalue weighted by atomic mass is 35.5. The molecule has 1 unspecified atom stereocenters. The molecule has 2 aromatic rings. The molecule has 2 aromatic carbocycles. The van der Waals surface area contributed by atoms with Gasteiger partial charge in [-0.2, -0.15) is 0 Å². The SMILES string of the molecule is CCNCC(OCc1cccc(-c2ccc(Cl)cc2)c1)C(=O)O. The molecular formula is C18H20ClNO3. The summed E-state index contributed by atoms with van der Waals surface area (Å²) in [7, 11) is 0. The largest absolute Gasteiger partial charge is 0.479 e. The first-order valence-corrected chi connectivity index (χ1v) is 7.88. The number of carboxylic acids is 1. The van der Waals surface area contributed by atoms with Crippen LogP contribution in [0.4, 0.5) is 0 Å². The lowest BCUT2D eigenvalue weighted by Gasteiger charge is -2.14. The molecule has 0 aliphatic heterocycles. The minimum absolute atomic E-state index is 0.254. The number of hydrogen-bond acceptors (Lipinski definition) is 3. The molecule has 0 bridgehead atoms. The lowest BCUT2D eigenvalue weighted by atomic mass is 10.0. The first kappa shape index (κ1) is 17.5. The Morgan fingerprint density at radius 2 is 1.96 bits per heavy atom. The quantitative estimate of drug-likeness (QED) is 0.775. The molecule has 0 radical (unpaired) electrons. The van der Waals surface area contributed by atoms with Gasteiger partial charge in [0.1, 0.15) is 0 Å². The molecule has 0 amide bonds. The minimum atomic E-state index is -0.959. The van der Waals surface area contributed by atoms with E-state index in [4.69, 9.17) is 21.4 Å². The monoisotopic (exact) mass is 333 g/mol. The number of aliphatic carboxylic acids is 1. The Balaban J connectivity index is 2.04. The van der Waals surface area contributed by atoms with E-state index in [1.165, 1.54) is 0 Å². The Kier molecular flexibility index (Phi) is 6.59. The van der Waals surface area contributed by atoms with Gasteiger partial charge in [0.15, 0.2) is 6.10 Å². The predicted octanol–water partition coefficient (Wildman–Crippen LogP) is 3.59. The van der Waals surface area contributed by atoms with Crippen molar-refractivity contribution in [2.75, 3.05) is 13.1 Å². The molecule has 0 heterocycles. The van der Waals surface area contributed by atoms with Crippen LogP contribution in [0, 0.1) is 0 Å². The summed E-state index contributed by atoms with van der Waals surface area (Å²) in [5, 5.41) is 12.8. The van der Waals surface area contributed by atoms with Gasteiger partial charge < -0.3 is 15.2 Å². The summed E-state index contributed by atoms with van der Waals surface area (Å²) in [4.78, 5) is 11.2. The second kappa shape index (κ2) is 8.67. The zero-order valence-corrected chi connectivity index (χ0v) is 13.7. The number of rotatable bonds is 8. The van der Waals surface area contributed by atoms with Crippen molar-refractivity contribution in [3.63, 3.8) is 0 Å². The van der Waals surface area contributed by atoms with Crippen LogP contribution in [0.5, 0.6) is 0 Å². The zero-order chi connectivity index (χ0) is 16.7. The van der Waals surface area contributed by atoms with Gasteiger partial charge in [0.05, 0.1) is 6.61 Å². The van der Waals surface area contributed by atoms with Crippen molar-refractivity contribution in [2.45, 2.75) is 19.6 Å². The molecule has 5 heteroatoms. The Labute approximate surface area is 141 Å². The molecule has 0 spiro atoms. The Bertz CT molecular complexity index is 643. The Hall–Kier alpha value is -1.88. The molecule has 0 saturated carbocycles. The second-order valence-corrected chi connectivity index (χ2v) is 5.59. The van der Waals surface area contributed by atoms with Crippen LogP contribution in [0.3, 0.4) is 0 Å². The lowest BCUT2D eigenvalue weighted by molar-refractivity contribution is -0.150.